The van der Waals surface area contributed by atoms with Crippen LogP contribution in [-0.2, 0) is 4.79 Å². The molecule has 3 fully saturated rings. The van der Waals surface area contributed by atoms with Crippen LogP contribution < -0.4 is 0 Å². The Kier molecular flexibility index (Phi) is 3.41. The number of allylic oxidation sites excluding steroid dienone is 2. The fourth-order valence-corrected chi connectivity index (χ4v) is 7.53. The van der Waals surface area contributed by atoms with Crippen molar-refractivity contribution in [1.82, 2.24) is 0 Å². The summed E-state index contributed by atoms with van der Waals surface area (Å²) in [6.07, 6.45) is 13.8. The average molecular weight is 351 g/mol. The fraction of sp³-hybridized carbons (Fsp3) is 0.842. The molecule has 0 N–H and O–H groups in total. The molecule has 3 saturated carbocycles. The lowest BCUT2D eigenvalue weighted by atomic mass is 9.48. The van der Waals surface area contributed by atoms with Crippen molar-refractivity contribution in [3.8, 4) is 0 Å². The molecule has 21 heavy (non-hydrogen) atoms. The first kappa shape index (κ1) is 14.5. The molecule has 0 aromatic carbocycles. The number of ketones is 1. The van der Waals surface area contributed by atoms with Gasteiger partial charge in [-0.3, -0.25) is 4.79 Å². The monoisotopic (exact) mass is 350 g/mol. The Morgan fingerprint density at radius 3 is 2.86 bits per heavy atom. The third kappa shape index (κ3) is 1.84. The highest BCUT2D eigenvalue weighted by Crippen LogP contribution is 2.64. The summed E-state index contributed by atoms with van der Waals surface area (Å²) in [5.74, 6) is 2.83. The zero-order valence-electron chi connectivity index (χ0n) is 13.2. The fourth-order valence-electron chi connectivity index (χ4n) is 6.53. The molecule has 0 amide bonds. The van der Waals surface area contributed by atoms with Gasteiger partial charge in [0.25, 0.3) is 0 Å². The highest BCUT2D eigenvalue weighted by Gasteiger charge is 2.59. The zero-order valence-corrected chi connectivity index (χ0v) is 14.8. The van der Waals surface area contributed by atoms with E-state index in [9.17, 15) is 4.79 Å². The molecule has 2 heteroatoms. The van der Waals surface area contributed by atoms with Gasteiger partial charge in [-0.25, -0.2) is 0 Å². The summed E-state index contributed by atoms with van der Waals surface area (Å²) in [6, 6.07) is 0. The number of fused-ring (bicyclic) bond motifs is 5. The second-order valence-electron chi connectivity index (χ2n) is 8.26. The number of rotatable bonds is 1. The Hall–Kier alpha value is -0.110. The van der Waals surface area contributed by atoms with E-state index < -0.39 is 0 Å². The molecule has 5 atom stereocenters. The summed E-state index contributed by atoms with van der Waals surface area (Å²) in [5.41, 5.74) is 2.23. The van der Waals surface area contributed by atoms with Gasteiger partial charge in [-0.05, 0) is 68.1 Å². The van der Waals surface area contributed by atoms with E-state index in [1.54, 1.807) is 5.57 Å². The summed E-state index contributed by atoms with van der Waals surface area (Å²) < 4.78 is 0. The molecule has 0 heterocycles. The molecule has 0 spiro atoms. The van der Waals surface area contributed by atoms with Crippen LogP contribution in [-0.4, -0.2) is 11.1 Å². The van der Waals surface area contributed by atoms with E-state index in [2.05, 4.69) is 28.9 Å². The minimum atomic E-state index is -0.00244. The molecule has 0 aromatic heterocycles. The average Bonchev–Trinajstić information content (AvgIpc) is 2.84. The van der Waals surface area contributed by atoms with Crippen molar-refractivity contribution in [3.63, 3.8) is 0 Å². The molecule has 0 aliphatic heterocycles. The predicted molar refractivity (Wildman–Crippen MR) is 89.4 cm³/mol. The normalized spacial score (nSPS) is 49.1. The molecule has 4 rings (SSSR count). The highest BCUT2D eigenvalue weighted by atomic mass is 79.9. The lowest BCUT2D eigenvalue weighted by molar-refractivity contribution is -0.131. The van der Waals surface area contributed by atoms with Crippen LogP contribution in [0.2, 0.25) is 0 Å². The third-order valence-electron chi connectivity index (χ3n) is 7.70. The minimum Gasteiger partial charge on any atom is -0.299 e. The summed E-state index contributed by atoms with van der Waals surface area (Å²) in [7, 11) is 0. The SMILES string of the molecule is C[C@]12CCCCC1=CC[C@H]1[C@@H]3CCC(=O)[C@@]3(CBr)CC[C@@H]12. The van der Waals surface area contributed by atoms with Crippen molar-refractivity contribution >= 4 is 21.7 Å². The van der Waals surface area contributed by atoms with Gasteiger partial charge in [-0.1, -0.05) is 40.9 Å². The van der Waals surface area contributed by atoms with E-state index in [0.717, 1.165) is 36.4 Å². The van der Waals surface area contributed by atoms with E-state index in [0.29, 0.717) is 17.1 Å². The molecule has 116 valence electrons. The Morgan fingerprint density at radius 1 is 1.19 bits per heavy atom. The smallest absolute Gasteiger partial charge is 0.140 e. The summed E-state index contributed by atoms with van der Waals surface area (Å²) in [4.78, 5) is 12.6. The van der Waals surface area contributed by atoms with E-state index in [1.165, 1.54) is 38.5 Å². The van der Waals surface area contributed by atoms with Crippen LogP contribution >= 0.6 is 15.9 Å². The Balaban J connectivity index is 1.71. The summed E-state index contributed by atoms with van der Waals surface area (Å²) in [6.45, 7) is 2.55. The second-order valence-corrected chi connectivity index (χ2v) is 8.82. The van der Waals surface area contributed by atoms with E-state index in [-0.39, 0.29) is 5.41 Å². The maximum atomic E-state index is 12.6. The van der Waals surface area contributed by atoms with Gasteiger partial charge in [0.05, 0.1) is 0 Å². The van der Waals surface area contributed by atoms with Crippen LogP contribution in [0.4, 0.5) is 0 Å². The molecule has 1 nitrogen and oxygen atoms in total. The first-order valence-electron chi connectivity index (χ1n) is 8.90. The number of carbonyl (C=O) groups is 1. The lowest BCUT2D eigenvalue weighted by Crippen LogP contribution is -2.51. The topological polar surface area (TPSA) is 17.1 Å². The zero-order chi connectivity index (χ0) is 14.7. The largest absolute Gasteiger partial charge is 0.299 e. The summed E-state index contributed by atoms with van der Waals surface area (Å²) in [5, 5.41) is 0.903. The first-order valence-corrected chi connectivity index (χ1v) is 10.0. The molecule has 0 unspecified atom stereocenters. The molecular formula is C19H27BrO. The van der Waals surface area contributed by atoms with Crippen molar-refractivity contribution < 1.29 is 4.79 Å². The number of Topliss-reactive ketones (excluding diaryl/α,β-unsaturated/α-hetero) is 1. The second kappa shape index (κ2) is 4.94. The highest BCUT2D eigenvalue weighted by molar-refractivity contribution is 9.09. The van der Waals surface area contributed by atoms with Crippen LogP contribution in [0.25, 0.3) is 0 Å². The Labute approximate surface area is 137 Å². The Morgan fingerprint density at radius 2 is 2.05 bits per heavy atom. The Bertz CT molecular complexity index is 496. The molecule has 0 radical (unpaired) electrons. The number of halogens is 1. The van der Waals surface area contributed by atoms with Gasteiger partial charge in [-0.2, -0.15) is 0 Å². The lowest BCUT2D eigenvalue weighted by Gasteiger charge is -2.56. The van der Waals surface area contributed by atoms with Gasteiger partial charge in [0, 0.05) is 17.2 Å². The van der Waals surface area contributed by atoms with Crippen LogP contribution in [0.1, 0.15) is 64.7 Å². The van der Waals surface area contributed by atoms with Crippen LogP contribution in [0, 0.1) is 28.6 Å². The van der Waals surface area contributed by atoms with E-state index in [4.69, 9.17) is 0 Å². The van der Waals surface area contributed by atoms with Crippen molar-refractivity contribution in [1.29, 1.82) is 0 Å². The maximum Gasteiger partial charge on any atom is 0.140 e. The van der Waals surface area contributed by atoms with Gasteiger partial charge in [-0.15, -0.1) is 0 Å². The predicted octanol–water partition coefficient (Wildman–Crippen LogP) is 5.28. The molecule has 0 saturated heterocycles. The minimum absolute atomic E-state index is 0.00244. The number of hydrogen-bond acceptors (Lipinski definition) is 1. The number of hydrogen-bond donors (Lipinski definition) is 0. The van der Waals surface area contributed by atoms with Gasteiger partial charge in [0.2, 0.25) is 0 Å². The quantitative estimate of drug-likeness (QED) is 0.464. The third-order valence-corrected chi connectivity index (χ3v) is 8.70. The van der Waals surface area contributed by atoms with E-state index in [1.807, 2.05) is 0 Å². The van der Waals surface area contributed by atoms with Crippen LogP contribution in [0.3, 0.4) is 0 Å². The standard InChI is InChI=1S/C19H27BrO/c1-18-10-3-2-4-13(18)5-6-14-15(18)9-11-19(12-20)16(14)7-8-17(19)21/h5,14-16H,2-4,6-12H2,1H3/t14-,15+,16+,18+,19-/m1/s1. The van der Waals surface area contributed by atoms with Gasteiger partial charge >= 0.3 is 0 Å². The van der Waals surface area contributed by atoms with Crippen LogP contribution in [0.5, 0.6) is 0 Å². The van der Waals surface area contributed by atoms with Gasteiger partial charge in [0.1, 0.15) is 5.78 Å². The number of carbonyl (C=O) groups excluding carboxylic acids is 1. The van der Waals surface area contributed by atoms with E-state index >= 15 is 0 Å². The molecule has 0 aromatic rings. The molecule has 0 bridgehead atoms. The molecule has 4 aliphatic carbocycles. The van der Waals surface area contributed by atoms with Crippen molar-refractivity contribution in [3.05, 3.63) is 11.6 Å². The molecule has 4 aliphatic rings. The first-order chi connectivity index (χ1) is 10.1. The number of alkyl halides is 1. The van der Waals surface area contributed by atoms with Crippen molar-refractivity contribution in [2.45, 2.75) is 64.7 Å². The van der Waals surface area contributed by atoms with Gasteiger partial charge in [0.15, 0.2) is 0 Å². The van der Waals surface area contributed by atoms with Crippen LogP contribution in [0.15, 0.2) is 11.6 Å². The van der Waals surface area contributed by atoms with Crippen molar-refractivity contribution in [2.24, 2.45) is 28.6 Å². The van der Waals surface area contributed by atoms with Gasteiger partial charge < -0.3 is 0 Å². The molecular weight excluding hydrogens is 324 g/mol. The maximum absolute atomic E-state index is 12.6. The summed E-state index contributed by atoms with van der Waals surface area (Å²) >= 11 is 3.71. The van der Waals surface area contributed by atoms with Crippen molar-refractivity contribution in [2.75, 3.05) is 5.33 Å².